The Morgan fingerprint density at radius 2 is 1.84 bits per heavy atom. The van der Waals surface area contributed by atoms with Gasteiger partial charge in [-0.2, -0.15) is 4.31 Å². The number of sulfonamides is 1. The Kier molecular flexibility index (Phi) is 5.46. The Labute approximate surface area is 150 Å². The van der Waals surface area contributed by atoms with Gasteiger partial charge in [0.25, 0.3) is 5.91 Å². The molecule has 0 spiro atoms. The zero-order chi connectivity index (χ0) is 18.0. The summed E-state index contributed by atoms with van der Waals surface area (Å²) in [6.45, 7) is 3.74. The summed E-state index contributed by atoms with van der Waals surface area (Å²) in [5.41, 5.74) is 6.32. The van der Waals surface area contributed by atoms with Gasteiger partial charge >= 0.3 is 0 Å². The quantitative estimate of drug-likeness (QED) is 0.885. The molecule has 2 heterocycles. The van der Waals surface area contributed by atoms with Crippen molar-refractivity contribution >= 4 is 15.9 Å². The average molecular weight is 365 g/mol. The fourth-order valence-electron chi connectivity index (χ4n) is 3.64. The van der Waals surface area contributed by atoms with Gasteiger partial charge in [-0.05, 0) is 50.8 Å². The number of carbonyl (C=O) groups excluding carboxylic acids is 1. The molecule has 2 aliphatic rings. The zero-order valence-electron chi connectivity index (χ0n) is 14.7. The zero-order valence-corrected chi connectivity index (χ0v) is 15.5. The van der Waals surface area contributed by atoms with E-state index in [9.17, 15) is 13.2 Å². The van der Waals surface area contributed by atoms with Gasteiger partial charge in [0.05, 0.1) is 4.90 Å². The largest absolute Gasteiger partial charge is 0.339 e. The highest BCUT2D eigenvalue weighted by atomic mass is 32.2. The van der Waals surface area contributed by atoms with Gasteiger partial charge < -0.3 is 10.6 Å². The third-order valence-corrected chi connectivity index (χ3v) is 7.27. The van der Waals surface area contributed by atoms with Crippen molar-refractivity contribution in [2.24, 2.45) is 5.73 Å². The molecule has 1 atom stereocenters. The number of rotatable bonds is 3. The molecule has 6 nitrogen and oxygen atoms in total. The number of piperidine rings is 2. The molecule has 1 aromatic carbocycles. The Morgan fingerprint density at radius 1 is 1.12 bits per heavy atom. The predicted molar refractivity (Wildman–Crippen MR) is 96.8 cm³/mol. The summed E-state index contributed by atoms with van der Waals surface area (Å²) in [6, 6.07) is 6.60. The van der Waals surface area contributed by atoms with Crippen LogP contribution in [0.3, 0.4) is 0 Å². The van der Waals surface area contributed by atoms with E-state index in [0.717, 1.165) is 32.1 Å². The fraction of sp³-hybridized carbons (Fsp3) is 0.611. The summed E-state index contributed by atoms with van der Waals surface area (Å²) in [6.07, 6.45) is 4.40. The molecule has 3 rings (SSSR count). The maximum atomic E-state index is 13.0. The lowest BCUT2D eigenvalue weighted by atomic mass is 10.0. The average Bonchev–Trinajstić information content (AvgIpc) is 2.62. The number of hydrogen-bond donors (Lipinski definition) is 1. The van der Waals surface area contributed by atoms with E-state index in [0.29, 0.717) is 25.2 Å². The lowest BCUT2D eigenvalue weighted by Crippen LogP contribution is -2.43. The maximum absolute atomic E-state index is 13.0. The molecule has 2 saturated heterocycles. The normalized spacial score (nSPS) is 23.6. The van der Waals surface area contributed by atoms with Crippen LogP contribution in [0.25, 0.3) is 0 Å². The number of nitrogens with zero attached hydrogens (tertiary/aromatic N) is 2. The van der Waals surface area contributed by atoms with Crippen molar-refractivity contribution < 1.29 is 13.2 Å². The van der Waals surface area contributed by atoms with E-state index in [1.807, 2.05) is 6.92 Å². The van der Waals surface area contributed by atoms with Crippen LogP contribution in [-0.4, -0.2) is 55.2 Å². The molecule has 1 amide bonds. The molecule has 2 N–H and O–H groups in total. The minimum absolute atomic E-state index is 0.00156. The molecule has 138 valence electrons. The molecule has 1 aromatic rings. The summed E-state index contributed by atoms with van der Waals surface area (Å²) in [4.78, 5) is 14.7. The highest BCUT2D eigenvalue weighted by molar-refractivity contribution is 7.89. The molecular weight excluding hydrogens is 338 g/mol. The van der Waals surface area contributed by atoms with Gasteiger partial charge in [0.1, 0.15) is 0 Å². The first-order valence-corrected chi connectivity index (χ1v) is 10.5. The fourth-order valence-corrected chi connectivity index (χ4v) is 5.38. The van der Waals surface area contributed by atoms with E-state index in [-0.39, 0.29) is 22.9 Å². The van der Waals surface area contributed by atoms with E-state index < -0.39 is 10.0 Å². The van der Waals surface area contributed by atoms with Crippen molar-refractivity contribution in [1.29, 1.82) is 0 Å². The van der Waals surface area contributed by atoms with Gasteiger partial charge in [-0.3, -0.25) is 4.79 Å². The number of nitrogens with two attached hydrogens (primary N) is 1. The maximum Gasteiger partial charge on any atom is 0.253 e. The number of amides is 1. The molecule has 25 heavy (non-hydrogen) atoms. The van der Waals surface area contributed by atoms with Crippen LogP contribution in [0, 0.1) is 0 Å². The summed E-state index contributed by atoms with van der Waals surface area (Å²) >= 11 is 0. The first-order valence-electron chi connectivity index (χ1n) is 9.06. The van der Waals surface area contributed by atoms with Crippen LogP contribution in [0.2, 0.25) is 0 Å². The number of carbonyl (C=O) groups is 1. The lowest BCUT2D eigenvalue weighted by molar-refractivity contribution is 0.0714. The Balaban J connectivity index is 1.82. The predicted octanol–water partition coefficient (Wildman–Crippen LogP) is 1.81. The number of hydrogen-bond acceptors (Lipinski definition) is 4. The number of benzene rings is 1. The van der Waals surface area contributed by atoms with Crippen molar-refractivity contribution in [3.63, 3.8) is 0 Å². The first-order chi connectivity index (χ1) is 11.9. The van der Waals surface area contributed by atoms with Crippen LogP contribution in [0.1, 0.15) is 49.4 Å². The molecule has 0 bridgehead atoms. The van der Waals surface area contributed by atoms with Crippen LogP contribution in [-0.2, 0) is 10.0 Å². The second-order valence-corrected chi connectivity index (χ2v) is 9.01. The van der Waals surface area contributed by atoms with Crippen molar-refractivity contribution in [1.82, 2.24) is 9.21 Å². The standard InChI is InChI=1S/C18H27N3O3S/c1-14-5-2-3-10-21(14)25(23,24)17-7-4-6-15(13-17)18(22)20-11-8-16(19)9-12-20/h4,6-7,13-14,16H,2-3,5,8-12,19H2,1H3. The number of likely N-dealkylation sites (tertiary alicyclic amines) is 1. The smallest absolute Gasteiger partial charge is 0.253 e. The molecule has 0 radical (unpaired) electrons. The van der Waals surface area contributed by atoms with Crippen molar-refractivity contribution in [2.75, 3.05) is 19.6 Å². The van der Waals surface area contributed by atoms with E-state index in [1.165, 1.54) is 6.07 Å². The van der Waals surface area contributed by atoms with Crippen molar-refractivity contribution in [3.05, 3.63) is 29.8 Å². The third-order valence-electron chi connectivity index (χ3n) is 5.26. The monoisotopic (exact) mass is 365 g/mol. The van der Waals surface area contributed by atoms with Gasteiger partial charge in [0.15, 0.2) is 0 Å². The molecule has 1 unspecified atom stereocenters. The van der Waals surface area contributed by atoms with Crippen molar-refractivity contribution in [3.8, 4) is 0 Å². The van der Waals surface area contributed by atoms with Gasteiger partial charge in [-0.25, -0.2) is 8.42 Å². The Hall–Kier alpha value is -1.44. The highest BCUT2D eigenvalue weighted by Crippen LogP contribution is 2.26. The second-order valence-electron chi connectivity index (χ2n) is 7.12. The summed E-state index contributed by atoms with van der Waals surface area (Å²) < 4.78 is 27.5. The molecule has 0 aliphatic carbocycles. The van der Waals surface area contributed by atoms with Crippen LogP contribution >= 0.6 is 0 Å². The molecular formula is C18H27N3O3S. The summed E-state index contributed by atoms with van der Waals surface area (Å²) in [5.74, 6) is -0.115. The lowest BCUT2D eigenvalue weighted by Gasteiger charge is -2.32. The molecule has 0 aromatic heterocycles. The van der Waals surface area contributed by atoms with Gasteiger partial charge in [0.2, 0.25) is 10.0 Å². The molecule has 0 saturated carbocycles. The van der Waals surface area contributed by atoms with E-state index in [4.69, 9.17) is 5.73 Å². The van der Waals surface area contributed by atoms with Crippen LogP contribution in [0.5, 0.6) is 0 Å². The Bertz CT molecular complexity index is 727. The van der Waals surface area contributed by atoms with Gasteiger partial charge in [-0.15, -0.1) is 0 Å². The van der Waals surface area contributed by atoms with Crippen LogP contribution in [0.15, 0.2) is 29.2 Å². The minimum atomic E-state index is -3.56. The summed E-state index contributed by atoms with van der Waals surface area (Å²) in [7, 11) is -3.56. The van der Waals surface area contributed by atoms with E-state index in [1.54, 1.807) is 27.4 Å². The second kappa shape index (κ2) is 7.43. The molecule has 2 fully saturated rings. The van der Waals surface area contributed by atoms with Gasteiger partial charge in [0, 0.05) is 37.3 Å². The van der Waals surface area contributed by atoms with Crippen LogP contribution < -0.4 is 5.73 Å². The van der Waals surface area contributed by atoms with Gasteiger partial charge in [-0.1, -0.05) is 12.5 Å². The minimum Gasteiger partial charge on any atom is -0.339 e. The molecule has 7 heteroatoms. The first kappa shape index (κ1) is 18.4. The van der Waals surface area contributed by atoms with E-state index in [2.05, 4.69) is 0 Å². The SMILES string of the molecule is CC1CCCCN1S(=O)(=O)c1cccc(C(=O)N2CCC(N)CC2)c1. The highest BCUT2D eigenvalue weighted by Gasteiger charge is 2.31. The van der Waals surface area contributed by atoms with E-state index >= 15 is 0 Å². The Morgan fingerprint density at radius 3 is 2.52 bits per heavy atom. The van der Waals surface area contributed by atoms with Crippen LogP contribution in [0.4, 0.5) is 0 Å². The third kappa shape index (κ3) is 3.88. The summed E-state index contributed by atoms with van der Waals surface area (Å²) in [5, 5.41) is 0. The van der Waals surface area contributed by atoms with Crippen molar-refractivity contribution in [2.45, 2.75) is 56.0 Å². The topological polar surface area (TPSA) is 83.7 Å². The molecule has 2 aliphatic heterocycles.